The standard InChI is InChI=1S/C10H6BrClN2O4S2/c11-6-2-1-3-7(4-6)13-20(17,18)9-5-8(14(15)16)10(12)19-9/h1-5,13H. The average molecular weight is 398 g/mol. The molecule has 2 rings (SSSR count). The minimum absolute atomic E-state index is 0.176. The monoisotopic (exact) mass is 396 g/mol. The molecule has 0 spiro atoms. The van der Waals surface area contributed by atoms with E-state index in [0.29, 0.717) is 21.5 Å². The fourth-order valence-electron chi connectivity index (χ4n) is 1.35. The van der Waals surface area contributed by atoms with Gasteiger partial charge in [0.15, 0.2) is 4.34 Å². The Morgan fingerprint density at radius 2 is 2.05 bits per heavy atom. The normalized spacial score (nSPS) is 11.3. The SMILES string of the molecule is O=[N+]([O-])c1cc(S(=O)(=O)Nc2cccc(Br)c2)sc1Cl. The summed E-state index contributed by atoms with van der Waals surface area (Å²) in [5, 5.41) is 10.7. The number of nitrogens with one attached hydrogen (secondary N) is 1. The van der Waals surface area contributed by atoms with Gasteiger partial charge in [-0.2, -0.15) is 0 Å². The number of rotatable bonds is 4. The Labute approximate surface area is 131 Å². The van der Waals surface area contributed by atoms with E-state index in [-0.39, 0.29) is 8.55 Å². The molecule has 0 saturated heterocycles. The zero-order valence-corrected chi connectivity index (χ0v) is 13.5. The molecule has 0 amide bonds. The molecule has 106 valence electrons. The van der Waals surface area contributed by atoms with Gasteiger partial charge in [0.25, 0.3) is 15.7 Å². The molecule has 0 bridgehead atoms. The van der Waals surface area contributed by atoms with Gasteiger partial charge in [0.1, 0.15) is 4.21 Å². The highest BCUT2D eigenvalue weighted by atomic mass is 79.9. The fraction of sp³-hybridized carbons (Fsp3) is 0. The van der Waals surface area contributed by atoms with Crippen molar-refractivity contribution in [3.63, 3.8) is 0 Å². The van der Waals surface area contributed by atoms with Gasteiger partial charge in [0, 0.05) is 16.2 Å². The van der Waals surface area contributed by atoms with Crippen LogP contribution in [0.4, 0.5) is 11.4 Å². The summed E-state index contributed by atoms with van der Waals surface area (Å²) in [5.74, 6) is 0. The molecule has 1 aromatic carbocycles. The molecule has 0 aliphatic carbocycles. The maximum Gasteiger partial charge on any atom is 0.300 e. The predicted octanol–water partition coefficient (Wildman–Crippen LogP) is 3.87. The number of nitro groups is 1. The van der Waals surface area contributed by atoms with Crippen LogP contribution in [0.1, 0.15) is 0 Å². The maximum atomic E-state index is 12.1. The lowest BCUT2D eigenvalue weighted by Gasteiger charge is -2.05. The molecule has 0 radical (unpaired) electrons. The van der Waals surface area contributed by atoms with E-state index in [1.165, 1.54) is 0 Å². The Balaban J connectivity index is 2.36. The Morgan fingerprint density at radius 1 is 1.35 bits per heavy atom. The van der Waals surface area contributed by atoms with Crippen molar-refractivity contribution in [2.45, 2.75) is 4.21 Å². The van der Waals surface area contributed by atoms with E-state index in [4.69, 9.17) is 11.6 Å². The number of thiophene rings is 1. The molecule has 0 unspecified atom stereocenters. The Kier molecular flexibility index (Phi) is 4.33. The number of anilines is 1. The Bertz CT molecular complexity index is 775. The first-order valence-corrected chi connectivity index (χ1v) is 8.49. The van der Waals surface area contributed by atoms with Crippen molar-refractivity contribution < 1.29 is 13.3 Å². The highest BCUT2D eigenvalue weighted by molar-refractivity contribution is 9.10. The summed E-state index contributed by atoms with van der Waals surface area (Å²) in [5.41, 5.74) is -0.0853. The topological polar surface area (TPSA) is 89.3 Å². The van der Waals surface area contributed by atoms with Crippen molar-refractivity contribution >= 4 is 60.3 Å². The number of hydrogen-bond donors (Lipinski definition) is 1. The minimum Gasteiger partial charge on any atom is -0.279 e. The summed E-state index contributed by atoms with van der Waals surface area (Å²) in [4.78, 5) is 9.95. The van der Waals surface area contributed by atoms with Crippen molar-refractivity contribution in [3.05, 3.63) is 49.3 Å². The van der Waals surface area contributed by atoms with Crippen molar-refractivity contribution in [1.29, 1.82) is 0 Å². The van der Waals surface area contributed by atoms with Crippen LogP contribution in [-0.2, 0) is 10.0 Å². The second kappa shape index (κ2) is 5.68. The van der Waals surface area contributed by atoms with Gasteiger partial charge < -0.3 is 0 Å². The lowest BCUT2D eigenvalue weighted by atomic mass is 10.3. The van der Waals surface area contributed by atoms with Gasteiger partial charge in [0.05, 0.1) is 4.92 Å². The highest BCUT2D eigenvalue weighted by Gasteiger charge is 2.25. The third-order valence-electron chi connectivity index (χ3n) is 2.18. The fourth-order valence-corrected chi connectivity index (χ4v) is 4.47. The van der Waals surface area contributed by atoms with Gasteiger partial charge in [-0.15, -0.1) is 11.3 Å². The third kappa shape index (κ3) is 3.29. The van der Waals surface area contributed by atoms with Gasteiger partial charge in [0.2, 0.25) is 0 Å². The second-order valence-electron chi connectivity index (χ2n) is 3.60. The molecule has 0 aliphatic rings. The first-order chi connectivity index (χ1) is 9.29. The molecule has 1 N–H and O–H groups in total. The van der Waals surface area contributed by atoms with Gasteiger partial charge in [-0.25, -0.2) is 8.42 Å². The van der Waals surface area contributed by atoms with Crippen LogP contribution in [0.15, 0.2) is 39.0 Å². The van der Waals surface area contributed by atoms with Gasteiger partial charge >= 0.3 is 0 Å². The van der Waals surface area contributed by atoms with Crippen LogP contribution in [-0.4, -0.2) is 13.3 Å². The highest BCUT2D eigenvalue weighted by Crippen LogP contribution is 2.36. The average Bonchev–Trinajstić information content (AvgIpc) is 2.71. The van der Waals surface area contributed by atoms with Crippen molar-refractivity contribution in [1.82, 2.24) is 0 Å². The smallest absolute Gasteiger partial charge is 0.279 e. The lowest BCUT2D eigenvalue weighted by molar-refractivity contribution is -0.384. The Hall–Kier alpha value is -1.16. The molecule has 6 nitrogen and oxygen atoms in total. The predicted molar refractivity (Wildman–Crippen MR) is 80.9 cm³/mol. The molecule has 10 heteroatoms. The molecular formula is C10H6BrClN2O4S2. The Morgan fingerprint density at radius 3 is 2.60 bits per heavy atom. The molecule has 0 atom stereocenters. The van der Waals surface area contributed by atoms with Crippen molar-refractivity contribution in [2.24, 2.45) is 0 Å². The molecule has 1 heterocycles. The summed E-state index contributed by atoms with van der Waals surface area (Å²) >= 11 is 9.50. The van der Waals surface area contributed by atoms with E-state index in [9.17, 15) is 18.5 Å². The summed E-state index contributed by atoms with van der Waals surface area (Å²) < 4.78 is 26.8. The zero-order valence-electron chi connectivity index (χ0n) is 9.54. The first-order valence-electron chi connectivity index (χ1n) is 5.02. The number of nitrogens with zero attached hydrogens (tertiary/aromatic N) is 1. The quantitative estimate of drug-likeness (QED) is 0.626. The maximum absolute atomic E-state index is 12.1. The van der Waals surface area contributed by atoms with Crippen LogP contribution in [0.5, 0.6) is 0 Å². The number of benzene rings is 1. The van der Waals surface area contributed by atoms with Gasteiger partial charge in [-0.1, -0.05) is 33.6 Å². The molecule has 20 heavy (non-hydrogen) atoms. The summed E-state index contributed by atoms with van der Waals surface area (Å²) in [6.07, 6.45) is 0. The minimum atomic E-state index is -3.91. The summed E-state index contributed by atoms with van der Waals surface area (Å²) in [7, 11) is -3.91. The largest absolute Gasteiger partial charge is 0.300 e. The molecule has 2 aromatic rings. The molecule has 0 saturated carbocycles. The van der Waals surface area contributed by atoms with Crippen LogP contribution in [0, 0.1) is 10.1 Å². The van der Waals surface area contributed by atoms with E-state index in [2.05, 4.69) is 20.7 Å². The number of sulfonamides is 1. The van der Waals surface area contributed by atoms with Crippen molar-refractivity contribution in [2.75, 3.05) is 4.72 Å². The van der Waals surface area contributed by atoms with Crippen LogP contribution in [0.25, 0.3) is 0 Å². The molecule has 0 fully saturated rings. The summed E-state index contributed by atoms with van der Waals surface area (Å²) in [6.45, 7) is 0. The van der Waals surface area contributed by atoms with Gasteiger partial charge in [-0.05, 0) is 18.2 Å². The van der Waals surface area contributed by atoms with Crippen LogP contribution < -0.4 is 4.72 Å². The summed E-state index contributed by atoms with van der Waals surface area (Å²) in [6, 6.07) is 7.47. The second-order valence-corrected chi connectivity index (χ2v) is 8.08. The van der Waals surface area contributed by atoms with Crippen molar-refractivity contribution in [3.8, 4) is 0 Å². The zero-order chi connectivity index (χ0) is 14.9. The number of hydrogen-bond acceptors (Lipinski definition) is 5. The third-order valence-corrected chi connectivity index (χ3v) is 5.87. The molecule has 1 aromatic heterocycles. The van der Waals surface area contributed by atoms with E-state index in [1.807, 2.05) is 0 Å². The van der Waals surface area contributed by atoms with E-state index in [1.54, 1.807) is 24.3 Å². The van der Waals surface area contributed by atoms with E-state index < -0.39 is 20.6 Å². The van der Waals surface area contributed by atoms with E-state index in [0.717, 1.165) is 6.07 Å². The number of halogens is 2. The van der Waals surface area contributed by atoms with Gasteiger partial charge in [-0.3, -0.25) is 14.8 Å². The van der Waals surface area contributed by atoms with Crippen LogP contribution in [0.2, 0.25) is 4.34 Å². The molecular weight excluding hydrogens is 392 g/mol. The lowest BCUT2D eigenvalue weighted by Crippen LogP contribution is -2.11. The van der Waals surface area contributed by atoms with Crippen LogP contribution in [0.3, 0.4) is 0 Å². The first kappa shape index (κ1) is 15.2. The van der Waals surface area contributed by atoms with E-state index >= 15 is 0 Å². The van der Waals surface area contributed by atoms with Crippen LogP contribution >= 0.6 is 38.9 Å². The molecule has 0 aliphatic heterocycles.